The Balaban J connectivity index is 1.47. The van der Waals surface area contributed by atoms with Crippen LogP contribution >= 0.6 is 0 Å². The zero-order chi connectivity index (χ0) is 28.1. The highest BCUT2D eigenvalue weighted by Gasteiger charge is 2.27. The molecule has 0 amide bonds. The van der Waals surface area contributed by atoms with Crippen molar-refractivity contribution in [1.29, 1.82) is 0 Å². The molecule has 4 aliphatic rings. The number of aliphatic imine (C=N–C) groups is 2. The SMILES string of the molecule is c1cnc2c(c1)c(N=C(N1CCCCC1)N1CCCCC1)c(N=C(N1CCCCC1)N1CCCCC1)c1cccnc12. The number of hydrogen-bond donors (Lipinski definition) is 0. The summed E-state index contributed by atoms with van der Waals surface area (Å²) in [6, 6.07) is 8.45. The van der Waals surface area contributed by atoms with Crippen molar-refractivity contribution in [2.45, 2.75) is 77.0 Å². The Bertz CT molecular complexity index is 1280. The van der Waals surface area contributed by atoms with Crippen molar-refractivity contribution in [3.05, 3.63) is 36.7 Å². The van der Waals surface area contributed by atoms with Crippen molar-refractivity contribution in [2.24, 2.45) is 9.98 Å². The Morgan fingerprint density at radius 1 is 0.452 bits per heavy atom. The van der Waals surface area contributed by atoms with Crippen molar-refractivity contribution in [1.82, 2.24) is 29.6 Å². The average Bonchev–Trinajstić information content (AvgIpc) is 3.08. The maximum atomic E-state index is 5.68. The van der Waals surface area contributed by atoms with E-state index in [2.05, 4.69) is 31.7 Å². The molecular weight excluding hydrogens is 520 g/mol. The van der Waals surface area contributed by atoms with Crippen LogP contribution in [0.2, 0.25) is 0 Å². The minimum Gasteiger partial charge on any atom is -0.343 e. The molecular formula is C34H46N8. The van der Waals surface area contributed by atoms with Gasteiger partial charge in [0.15, 0.2) is 0 Å². The molecule has 8 nitrogen and oxygen atoms in total. The topological polar surface area (TPSA) is 63.5 Å². The molecule has 0 radical (unpaired) electrons. The van der Waals surface area contributed by atoms with Gasteiger partial charge in [-0.2, -0.15) is 0 Å². The fourth-order valence-electron chi connectivity index (χ4n) is 7.31. The van der Waals surface area contributed by atoms with E-state index in [1.54, 1.807) is 0 Å². The summed E-state index contributed by atoms with van der Waals surface area (Å²) in [6.45, 7) is 8.60. The highest BCUT2D eigenvalue weighted by atomic mass is 15.4. The molecule has 0 unspecified atom stereocenters. The summed E-state index contributed by atoms with van der Waals surface area (Å²) in [7, 11) is 0. The number of guanidine groups is 2. The van der Waals surface area contributed by atoms with Gasteiger partial charge in [0.1, 0.15) is 11.4 Å². The van der Waals surface area contributed by atoms with Gasteiger partial charge in [0, 0.05) is 75.5 Å². The van der Waals surface area contributed by atoms with Crippen molar-refractivity contribution >= 4 is 45.1 Å². The van der Waals surface area contributed by atoms with Crippen LogP contribution < -0.4 is 0 Å². The molecule has 0 aliphatic carbocycles. The minimum absolute atomic E-state index is 0.917. The van der Waals surface area contributed by atoms with Crippen LogP contribution in [0.25, 0.3) is 21.8 Å². The summed E-state index contributed by atoms with van der Waals surface area (Å²) in [4.78, 5) is 31.3. The number of hydrogen-bond acceptors (Lipinski definition) is 4. The van der Waals surface area contributed by atoms with Crippen molar-refractivity contribution in [3.63, 3.8) is 0 Å². The first-order valence-electron chi connectivity index (χ1n) is 16.7. The number of likely N-dealkylation sites (tertiary alicyclic amines) is 4. The number of piperidine rings is 4. The van der Waals surface area contributed by atoms with Gasteiger partial charge in [0.25, 0.3) is 0 Å². The molecule has 8 heteroatoms. The molecule has 4 saturated heterocycles. The van der Waals surface area contributed by atoms with Crippen molar-refractivity contribution in [3.8, 4) is 0 Å². The molecule has 6 heterocycles. The van der Waals surface area contributed by atoms with Gasteiger partial charge in [0.2, 0.25) is 11.9 Å². The molecule has 4 aliphatic heterocycles. The predicted molar refractivity (Wildman–Crippen MR) is 173 cm³/mol. The van der Waals surface area contributed by atoms with Crippen LogP contribution in [0, 0.1) is 0 Å². The Hall–Kier alpha value is -3.42. The van der Waals surface area contributed by atoms with Crippen LogP contribution in [-0.4, -0.2) is 93.8 Å². The van der Waals surface area contributed by atoms with Gasteiger partial charge >= 0.3 is 0 Å². The van der Waals surface area contributed by atoms with Crippen LogP contribution in [-0.2, 0) is 0 Å². The number of aromatic nitrogens is 2. The number of benzene rings is 1. The molecule has 2 aromatic heterocycles. The maximum Gasteiger partial charge on any atom is 0.201 e. The molecule has 0 saturated carbocycles. The summed E-state index contributed by atoms with van der Waals surface area (Å²) in [5.74, 6) is 2.27. The smallest absolute Gasteiger partial charge is 0.201 e. The fraction of sp³-hybridized carbons (Fsp3) is 0.588. The van der Waals surface area contributed by atoms with Gasteiger partial charge in [-0.3, -0.25) is 9.97 Å². The highest BCUT2D eigenvalue weighted by Crippen LogP contribution is 2.43. The second-order valence-electron chi connectivity index (χ2n) is 12.5. The molecule has 0 N–H and O–H groups in total. The quantitative estimate of drug-likeness (QED) is 0.195. The van der Waals surface area contributed by atoms with E-state index in [0.717, 1.165) is 97.5 Å². The number of fused-ring (bicyclic) bond motifs is 3. The lowest BCUT2D eigenvalue weighted by Gasteiger charge is -2.39. The standard InChI is InChI=1S/C34H46N8/c1-5-19-39(20-6-1)33(40-21-7-2-8-22-40)37-31-27-15-13-17-35-29(27)30-28(16-14-18-36-30)32(31)38-34(41-23-9-3-10-24-41)42-25-11-4-12-26-42/h13-18H,1-12,19-26H2. The lowest BCUT2D eigenvalue weighted by molar-refractivity contribution is 0.257. The number of rotatable bonds is 2. The lowest BCUT2D eigenvalue weighted by atomic mass is 10.1. The van der Waals surface area contributed by atoms with E-state index < -0.39 is 0 Å². The number of nitrogens with zero attached hydrogens (tertiary/aromatic N) is 8. The van der Waals surface area contributed by atoms with Crippen LogP contribution in [0.15, 0.2) is 46.6 Å². The van der Waals surface area contributed by atoms with E-state index in [0.29, 0.717) is 0 Å². The summed E-state index contributed by atoms with van der Waals surface area (Å²) in [5, 5.41) is 2.09. The van der Waals surface area contributed by atoms with Gasteiger partial charge in [-0.15, -0.1) is 0 Å². The van der Waals surface area contributed by atoms with Gasteiger partial charge in [0.05, 0.1) is 11.0 Å². The molecule has 1 aromatic carbocycles. The Morgan fingerprint density at radius 3 is 1.07 bits per heavy atom. The van der Waals surface area contributed by atoms with Gasteiger partial charge in [-0.05, 0) is 101 Å². The molecule has 222 valence electrons. The first-order valence-corrected chi connectivity index (χ1v) is 16.7. The lowest BCUT2D eigenvalue weighted by Crippen LogP contribution is -2.48. The van der Waals surface area contributed by atoms with Crippen LogP contribution in [0.5, 0.6) is 0 Å². The van der Waals surface area contributed by atoms with Crippen LogP contribution in [0.4, 0.5) is 11.4 Å². The number of pyridine rings is 2. The first kappa shape index (κ1) is 27.4. The van der Waals surface area contributed by atoms with Crippen LogP contribution in [0.1, 0.15) is 77.0 Å². The van der Waals surface area contributed by atoms with E-state index in [1.807, 2.05) is 24.5 Å². The highest BCUT2D eigenvalue weighted by molar-refractivity contribution is 6.17. The van der Waals surface area contributed by atoms with Gasteiger partial charge < -0.3 is 19.6 Å². The van der Waals surface area contributed by atoms with E-state index in [1.165, 1.54) is 77.0 Å². The third kappa shape index (κ3) is 5.64. The molecule has 0 bridgehead atoms. The second kappa shape index (κ2) is 12.8. The third-order valence-electron chi connectivity index (χ3n) is 9.55. The minimum atomic E-state index is 0.917. The van der Waals surface area contributed by atoms with E-state index >= 15 is 0 Å². The molecule has 0 atom stereocenters. The Morgan fingerprint density at radius 2 is 0.762 bits per heavy atom. The van der Waals surface area contributed by atoms with E-state index in [-0.39, 0.29) is 0 Å². The Kier molecular flexibility index (Phi) is 8.38. The summed E-state index contributed by atoms with van der Waals surface area (Å²) >= 11 is 0. The van der Waals surface area contributed by atoms with E-state index in [9.17, 15) is 0 Å². The maximum absolute atomic E-state index is 5.68. The van der Waals surface area contributed by atoms with E-state index in [4.69, 9.17) is 20.0 Å². The summed E-state index contributed by atoms with van der Waals surface area (Å²) in [6.07, 6.45) is 18.9. The molecule has 42 heavy (non-hydrogen) atoms. The Labute approximate surface area is 250 Å². The zero-order valence-corrected chi connectivity index (χ0v) is 25.2. The second-order valence-corrected chi connectivity index (χ2v) is 12.5. The summed E-state index contributed by atoms with van der Waals surface area (Å²) in [5.41, 5.74) is 3.74. The molecule has 4 fully saturated rings. The molecule has 7 rings (SSSR count). The summed E-state index contributed by atoms with van der Waals surface area (Å²) < 4.78 is 0. The molecule has 0 spiro atoms. The predicted octanol–water partition coefficient (Wildman–Crippen LogP) is 6.70. The first-order chi connectivity index (χ1) is 20.9. The average molecular weight is 567 g/mol. The third-order valence-corrected chi connectivity index (χ3v) is 9.55. The monoisotopic (exact) mass is 566 g/mol. The van der Waals surface area contributed by atoms with Crippen molar-refractivity contribution < 1.29 is 0 Å². The van der Waals surface area contributed by atoms with Gasteiger partial charge in [-0.1, -0.05) is 0 Å². The van der Waals surface area contributed by atoms with Crippen LogP contribution in [0.3, 0.4) is 0 Å². The largest absolute Gasteiger partial charge is 0.343 e. The van der Waals surface area contributed by atoms with Gasteiger partial charge in [-0.25, -0.2) is 9.98 Å². The molecule has 3 aromatic rings. The fourth-order valence-corrected chi connectivity index (χ4v) is 7.31. The zero-order valence-electron chi connectivity index (χ0n) is 25.2. The van der Waals surface area contributed by atoms with Crippen molar-refractivity contribution in [2.75, 3.05) is 52.4 Å². The normalized spacial score (nSPS) is 20.2.